The van der Waals surface area contributed by atoms with Crippen LogP contribution in [0.4, 0.5) is 28.9 Å². The van der Waals surface area contributed by atoms with E-state index in [1.165, 1.54) is 36.4 Å². The first kappa shape index (κ1) is 16.8. The molecule has 0 aliphatic heterocycles. The summed E-state index contributed by atoms with van der Waals surface area (Å²) in [5.74, 6) is -1.04. The molecule has 2 aromatic rings. The van der Waals surface area contributed by atoms with Crippen molar-refractivity contribution in [1.82, 2.24) is 0 Å². The maximum atomic E-state index is 13.0. The van der Waals surface area contributed by atoms with Crippen LogP contribution in [0.1, 0.15) is 11.1 Å². The number of aryl methyl sites for hydroxylation is 1. The number of rotatable bonds is 4. The Kier molecular flexibility index (Phi) is 4.88. The summed E-state index contributed by atoms with van der Waals surface area (Å²) in [5.41, 5.74) is -0.0897. The van der Waals surface area contributed by atoms with E-state index in [2.05, 4.69) is 10.6 Å². The summed E-state index contributed by atoms with van der Waals surface area (Å²) in [6.45, 7) is 1.42. The zero-order valence-corrected chi connectivity index (χ0v) is 12.2. The second-order valence-corrected chi connectivity index (χ2v) is 4.90. The van der Waals surface area contributed by atoms with Gasteiger partial charge in [0.25, 0.3) is 0 Å². The summed E-state index contributed by atoms with van der Waals surface area (Å²) in [5, 5.41) is 4.98. The number of amides is 1. The van der Waals surface area contributed by atoms with Crippen LogP contribution < -0.4 is 10.6 Å². The van der Waals surface area contributed by atoms with Crippen molar-refractivity contribution in [3.05, 3.63) is 59.4 Å². The molecule has 0 heterocycles. The summed E-state index contributed by atoms with van der Waals surface area (Å²) in [7, 11) is 0. The van der Waals surface area contributed by atoms with Gasteiger partial charge in [-0.05, 0) is 42.8 Å². The Morgan fingerprint density at radius 2 is 1.78 bits per heavy atom. The first-order chi connectivity index (χ1) is 10.8. The molecule has 1 amide bonds. The van der Waals surface area contributed by atoms with Crippen molar-refractivity contribution < 1.29 is 22.4 Å². The standard InChI is InChI=1S/C16H14F4N2O/c1-10-8-11(17)6-7-13(10)21-9-15(23)22-14-5-3-2-4-12(14)16(18,19)20/h2-8,21H,9H2,1H3,(H,22,23). The van der Waals surface area contributed by atoms with Crippen LogP contribution in [0.25, 0.3) is 0 Å². The fraction of sp³-hybridized carbons (Fsp3) is 0.188. The number of hydrogen-bond acceptors (Lipinski definition) is 2. The molecule has 0 bridgehead atoms. The lowest BCUT2D eigenvalue weighted by molar-refractivity contribution is -0.137. The molecule has 2 aromatic carbocycles. The quantitative estimate of drug-likeness (QED) is 0.827. The van der Waals surface area contributed by atoms with Crippen molar-refractivity contribution >= 4 is 17.3 Å². The van der Waals surface area contributed by atoms with E-state index >= 15 is 0 Å². The van der Waals surface area contributed by atoms with Crippen molar-refractivity contribution in [2.45, 2.75) is 13.1 Å². The van der Waals surface area contributed by atoms with Gasteiger partial charge < -0.3 is 10.6 Å². The minimum Gasteiger partial charge on any atom is -0.376 e. The molecule has 3 nitrogen and oxygen atoms in total. The van der Waals surface area contributed by atoms with Crippen molar-refractivity contribution in [1.29, 1.82) is 0 Å². The van der Waals surface area contributed by atoms with E-state index in [-0.39, 0.29) is 12.2 Å². The predicted octanol–water partition coefficient (Wildman–Crippen LogP) is 4.20. The van der Waals surface area contributed by atoms with Gasteiger partial charge in [0.05, 0.1) is 17.8 Å². The summed E-state index contributed by atoms with van der Waals surface area (Å²) in [6, 6.07) is 8.71. The molecule has 0 aliphatic carbocycles. The molecule has 23 heavy (non-hydrogen) atoms. The first-order valence-electron chi connectivity index (χ1n) is 6.73. The number of carbonyl (C=O) groups excluding carboxylic acids is 1. The summed E-state index contributed by atoms with van der Waals surface area (Å²) < 4.78 is 51.5. The molecule has 0 saturated heterocycles. The topological polar surface area (TPSA) is 41.1 Å². The van der Waals surface area contributed by atoms with E-state index in [0.29, 0.717) is 11.3 Å². The van der Waals surface area contributed by atoms with Gasteiger partial charge in [0.2, 0.25) is 5.91 Å². The molecule has 0 aromatic heterocycles. The van der Waals surface area contributed by atoms with Crippen molar-refractivity contribution in [2.75, 3.05) is 17.2 Å². The van der Waals surface area contributed by atoms with Gasteiger partial charge in [-0.2, -0.15) is 13.2 Å². The van der Waals surface area contributed by atoms with Gasteiger partial charge in [0.15, 0.2) is 0 Å². The van der Waals surface area contributed by atoms with Gasteiger partial charge in [-0.25, -0.2) is 4.39 Å². The van der Waals surface area contributed by atoms with E-state index in [4.69, 9.17) is 0 Å². The van der Waals surface area contributed by atoms with Crippen LogP contribution >= 0.6 is 0 Å². The lowest BCUT2D eigenvalue weighted by atomic mass is 10.1. The maximum absolute atomic E-state index is 13.0. The second kappa shape index (κ2) is 6.68. The maximum Gasteiger partial charge on any atom is 0.418 e. The fourth-order valence-electron chi connectivity index (χ4n) is 2.03. The van der Waals surface area contributed by atoms with E-state index in [1.54, 1.807) is 6.92 Å². The molecule has 122 valence electrons. The molecule has 0 saturated carbocycles. The lowest BCUT2D eigenvalue weighted by Gasteiger charge is -2.14. The molecule has 0 spiro atoms. The molecule has 2 rings (SSSR count). The Hall–Kier alpha value is -2.57. The summed E-state index contributed by atoms with van der Waals surface area (Å²) >= 11 is 0. The third-order valence-electron chi connectivity index (χ3n) is 3.13. The SMILES string of the molecule is Cc1cc(F)ccc1NCC(=O)Nc1ccccc1C(F)(F)F. The van der Waals surface area contributed by atoms with Crippen molar-refractivity contribution in [3.8, 4) is 0 Å². The summed E-state index contributed by atoms with van der Waals surface area (Å²) in [6.07, 6.45) is -4.55. The molecule has 7 heteroatoms. The van der Waals surface area contributed by atoms with E-state index < -0.39 is 23.5 Å². The Morgan fingerprint density at radius 1 is 1.09 bits per heavy atom. The zero-order chi connectivity index (χ0) is 17.0. The normalized spacial score (nSPS) is 11.2. The average Bonchev–Trinajstić information content (AvgIpc) is 2.46. The van der Waals surface area contributed by atoms with Crippen molar-refractivity contribution in [3.63, 3.8) is 0 Å². The number of anilines is 2. The highest BCUT2D eigenvalue weighted by Crippen LogP contribution is 2.34. The number of hydrogen-bond donors (Lipinski definition) is 2. The van der Waals surface area contributed by atoms with Gasteiger partial charge in [0, 0.05) is 5.69 Å². The van der Waals surface area contributed by atoms with Crippen LogP contribution in [-0.4, -0.2) is 12.5 Å². The summed E-state index contributed by atoms with van der Waals surface area (Å²) in [4.78, 5) is 11.8. The van der Waals surface area contributed by atoms with Crippen LogP contribution in [0.5, 0.6) is 0 Å². The Bertz CT molecular complexity index is 713. The lowest BCUT2D eigenvalue weighted by Crippen LogP contribution is -2.23. The number of nitrogens with one attached hydrogen (secondary N) is 2. The highest BCUT2D eigenvalue weighted by atomic mass is 19.4. The zero-order valence-electron chi connectivity index (χ0n) is 12.2. The molecular formula is C16H14F4N2O. The van der Waals surface area contributed by atoms with Gasteiger partial charge in [0.1, 0.15) is 5.82 Å². The average molecular weight is 326 g/mol. The van der Waals surface area contributed by atoms with Crippen LogP contribution in [0.15, 0.2) is 42.5 Å². The third-order valence-corrected chi connectivity index (χ3v) is 3.13. The largest absolute Gasteiger partial charge is 0.418 e. The third kappa shape index (κ3) is 4.45. The molecule has 2 N–H and O–H groups in total. The minimum absolute atomic E-state index is 0.237. The molecule has 0 fully saturated rings. The number of alkyl halides is 3. The van der Waals surface area contributed by atoms with Gasteiger partial charge in [-0.1, -0.05) is 12.1 Å². The fourth-order valence-corrected chi connectivity index (χ4v) is 2.03. The Balaban J connectivity index is 2.03. The van der Waals surface area contributed by atoms with Crippen LogP contribution in [0.3, 0.4) is 0 Å². The van der Waals surface area contributed by atoms with Crippen LogP contribution in [-0.2, 0) is 11.0 Å². The number of benzene rings is 2. The van der Waals surface area contributed by atoms with Crippen LogP contribution in [0, 0.1) is 12.7 Å². The van der Waals surface area contributed by atoms with Gasteiger partial charge >= 0.3 is 6.18 Å². The van der Waals surface area contributed by atoms with Gasteiger partial charge in [-0.3, -0.25) is 4.79 Å². The highest BCUT2D eigenvalue weighted by Gasteiger charge is 2.33. The predicted molar refractivity (Wildman–Crippen MR) is 79.7 cm³/mol. The van der Waals surface area contributed by atoms with E-state index in [1.807, 2.05) is 0 Å². The molecular weight excluding hydrogens is 312 g/mol. The minimum atomic E-state index is -4.55. The molecule has 0 atom stereocenters. The smallest absolute Gasteiger partial charge is 0.376 e. The van der Waals surface area contributed by atoms with Gasteiger partial charge in [-0.15, -0.1) is 0 Å². The van der Waals surface area contributed by atoms with Crippen molar-refractivity contribution in [2.24, 2.45) is 0 Å². The number of halogens is 4. The molecule has 0 aliphatic rings. The molecule has 0 radical (unpaired) electrons. The van der Waals surface area contributed by atoms with E-state index in [9.17, 15) is 22.4 Å². The molecule has 0 unspecified atom stereocenters. The van der Waals surface area contributed by atoms with E-state index in [0.717, 1.165) is 6.07 Å². The number of carbonyl (C=O) groups is 1. The van der Waals surface area contributed by atoms with Crippen LogP contribution in [0.2, 0.25) is 0 Å². The highest BCUT2D eigenvalue weighted by molar-refractivity contribution is 5.94. The Labute approximate surface area is 130 Å². The first-order valence-corrected chi connectivity index (χ1v) is 6.73. The Morgan fingerprint density at radius 3 is 2.43 bits per heavy atom. The monoisotopic (exact) mass is 326 g/mol. The number of para-hydroxylation sites is 1. The second-order valence-electron chi connectivity index (χ2n) is 4.90.